The van der Waals surface area contributed by atoms with Crippen molar-refractivity contribution in [3.8, 4) is 11.6 Å². The molecule has 4 aromatic rings. The van der Waals surface area contributed by atoms with Gasteiger partial charge in [0.1, 0.15) is 5.75 Å². The van der Waals surface area contributed by atoms with E-state index >= 15 is 0 Å². The zero-order chi connectivity index (χ0) is 27.8. The van der Waals surface area contributed by atoms with E-state index in [1.54, 1.807) is 36.4 Å². The Morgan fingerprint density at radius 2 is 1.82 bits per heavy atom. The smallest absolute Gasteiger partial charge is 0.416 e. The van der Waals surface area contributed by atoms with E-state index in [9.17, 15) is 22.8 Å². The molecule has 0 spiro atoms. The van der Waals surface area contributed by atoms with Gasteiger partial charge < -0.3 is 15.4 Å². The van der Waals surface area contributed by atoms with Gasteiger partial charge in [0, 0.05) is 23.4 Å². The zero-order valence-corrected chi connectivity index (χ0v) is 21.2. The van der Waals surface area contributed by atoms with E-state index in [1.165, 1.54) is 48.9 Å². The van der Waals surface area contributed by atoms with E-state index in [2.05, 4.69) is 27.6 Å². The summed E-state index contributed by atoms with van der Waals surface area (Å²) in [6.07, 6.45) is 4.83. The Morgan fingerprint density at radius 1 is 1.05 bits per heavy atom. The van der Waals surface area contributed by atoms with Crippen LogP contribution in [0.3, 0.4) is 0 Å². The number of aromatic nitrogens is 3. The summed E-state index contributed by atoms with van der Waals surface area (Å²) >= 11 is 0. The number of nitrogens with zero attached hydrogens (tertiary/aromatic N) is 3. The molecule has 2 aromatic heterocycles. The highest BCUT2D eigenvalue weighted by atomic mass is 19.4. The maximum atomic E-state index is 12.9. The highest BCUT2D eigenvalue weighted by molar-refractivity contribution is 6.04. The van der Waals surface area contributed by atoms with Gasteiger partial charge >= 0.3 is 6.18 Å². The van der Waals surface area contributed by atoms with Crippen LogP contribution in [0.5, 0.6) is 11.6 Å². The molecule has 8 nitrogen and oxygen atoms in total. The second-order valence-corrected chi connectivity index (χ2v) is 9.27. The number of carbonyl (C=O) groups is 2. The van der Waals surface area contributed by atoms with Gasteiger partial charge in [0.2, 0.25) is 12.3 Å². The molecule has 0 radical (unpaired) electrons. The molecule has 0 bridgehead atoms. The fraction of sp³-hybridized carbons (Fsp3) is 0.286. The molecule has 1 aliphatic carbocycles. The van der Waals surface area contributed by atoms with Crippen LogP contribution < -0.4 is 15.4 Å². The van der Waals surface area contributed by atoms with Gasteiger partial charge in [-0.3, -0.25) is 9.59 Å². The van der Waals surface area contributed by atoms with E-state index in [-0.39, 0.29) is 17.3 Å². The SMILES string of the molecule is CC1CCCCC1.O=CNc1cccc(Oc2ccc3nc(NC(=O)c4cccc(C(F)(F)F)c4)cn3n2)c1. The predicted octanol–water partition coefficient (Wildman–Crippen LogP) is 6.95. The summed E-state index contributed by atoms with van der Waals surface area (Å²) in [6.45, 7) is 2.36. The monoisotopic (exact) mass is 539 g/mol. The predicted molar refractivity (Wildman–Crippen MR) is 141 cm³/mol. The van der Waals surface area contributed by atoms with Crippen molar-refractivity contribution >= 4 is 29.5 Å². The summed E-state index contributed by atoms with van der Waals surface area (Å²) < 4.78 is 45.6. The van der Waals surface area contributed by atoms with E-state index in [0.717, 1.165) is 24.1 Å². The van der Waals surface area contributed by atoms with Crippen LogP contribution in [0.1, 0.15) is 54.9 Å². The lowest BCUT2D eigenvalue weighted by Gasteiger charge is -2.15. The van der Waals surface area contributed by atoms with Crippen molar-refractivity contribution in [2.24, 2.45) is 5.92 Å². The van der Waals surface area contributed by atoms with Gasteiger partial charge in [0.05, 0.1) is 11.8 Å². The molecule has 2 amide bonds. The molecule has 2 N–H and O–H groups in total. The second-order valence-electron chi connectivity index (χ2n) is 9.27. The van der Waals surface area contributed by atoms with Crippen molar-refractivity contribution in [3.05, 3.63) is 78.0 Å². The first-order chi connectivity index (χ1) is 18.7. The molecule has 0 unspecified atom stereocenters. The van der Waals surface area contributed by atoms with Crippen LogP contribution in [0.2, 0.25) is 0 Å². The van der Waals surface area contributed by atoms with Gasteiger partial charge in [-0.25, -0.2) is 9.50 Å². The molecular formula is C28H28F3N5O3. The Morgan fingerprint density at radius 3 is 2.51 bits per heavy atom. The van der Waals surface area contributed by atoms with Gasteiger partial charge in [0.25, 0.3) is 5.91 Å². The molecule has 5 rings (SSSR count). The largest absolute Gasteiger partial charge is 0.438 e. The standard InChI is InChI=1S/C21H14F3N5O3.C7H14/c22-21(23,24)14-4-1-3-13(9-14)20(31)27-17-11-29-18(26-17)7-8-19(28-29)32-16-6-2-5-15(10-16)25-12-30;1-7-5-3-2-4-6-7/h1-12H,(H,25,30)(H,27,31);7H,2-6H2,1H3. The van der Waals surface area contributed by atoms with Crippen molar-refractivity contribution in [2.75, 3.05) is 10.6 Å². The first kappa shape index (κ1) is 27.6. The third-order valence-electron chi connectivity index (χ3n) is 6.17. The minimum atomic E-state index is -4.55. The molecular weight excluding hydrogens is 511 g/mol. The number of halogens is 3. The minimum Gasteiger partial charge on any atom is -0.438 e. The maximum absolute atomic E-state index is 12.9. The Labute approximate surface area is 223 Å². The lowest BCUT2D eigenvalue weighted by atomic mass is 9.91. The topological polar surface area (TPSA) is 97.6 Å². The Hall–Kier alpha value is -4.41. The number of nitrogens with one attached hydrogen (secondary N) is 2. The summed E-state index contributed by atoms with van der Waals surface area (Å²) in [7, 11) is 0. The molecule has 204 valence electrons. The van der Waals surface area contributed by atoms with Gasteiger partial charge in [-0.2, -0.15) is 13.2 Å². The molecule has 1 fully saturated rings. The highest BCUT2D eigenvalue weighted by Gasteiger charge is 2.31. The van der Waals surface area contributed by atoms with Gasteiger partial charge in [-0.05, 0) is 42.3 Å². The summed E-state index contributed by atoms with van der Waals surface area (Å²) in [4.78, 5) is 27.1. The third-order valence-corrected chi connectivity index (χ3v) is 6.17. The quantitative estimate of drug-likeness (QED) is 0.259. The van der Waals surface area contributed by atoms with Crippen molar-refractivity contribution in [2.45, 2.75) is 45.2 Å². The fourth-order valence-electron chi connectivity index (χ4n) is 4.15. The fourth-order valence-corrected chi connectivity index (χ4v) is 4.15. The lowest BCUT2D eigenvalue weighted by Crippen LogP contribution is -2.14. The number of anilines is 2. The van der Waals surface area contributed by atoms with Crippen LogP contribution >= 0.6 is 0 Å². The Bertz CT molecular complexity index is 1430. The summed E-state index contributed by atoms with van der Waals surface area (Å²) in [5, 5.41) is 9.20. The van der Waals surface area contributed by atoms with Crippen molar-refractivity contribution in [1.29, 1.82) is 0 Å². The molecule has 1 aliphatic rings. The van der Waals surface area contributed by atoms with Crippen LogP contribution in [0, 0.1) is 5.92 Å². The molecule has 0 saturated heterocycles. The average molecular weight is 540 g/mol. The van der Waals surface area contributed by atoms with Crippen LogP contribution in [0.15, 0.2) is 66.9 Å². The van der Waals surface area contributed by atoms with Gasteiger partial charge in [0.15, 0.2) is 11.5 Å². The van der Waals surface area contributed by atoms with E-state index in [4.69, 9.17) is 4.74 Å². The number of imidazole rings is 1. The number of fused-ring (bicyclic) bond motifs is 1. The number of ether oxygens (including phenoxy) is 1. The first-order valence-corrected chi connectivity index (χ1v) is 12.5. The van der Waals surface area contributed by atoms with Crippen LogP contribution in [0.25, 0.3) is 5.65 Å². The van der Waals surface area contributed by atoms with Gasteiger partial charge in [-0.15, -0.1) is 5.10 Å². The number of carbonyl (C=O) groups excluding carboxylic acids is 2. The van der Waals surface area contributed by atoms with E-state index < -0.39 is 17.6 Å². The maximum Gasteiger partial charge on any atom is 0.416 e. The summed E-state index contributed by atoms with van der Waals surface area (Å²) in [6, 6.07) is 13.9. The molecule has 2 heterocycles. The van der Waals surface area contributed by atoms with E-state index in [1.807, 2.05) is 0 Å². The van der Waals surface area contributed by atoms with Crippen LogP contribution in [0.4, 0.5) is 24.7 Å². The van der Waals surface area contributed by atoms with Crippen molar-refractivity contribution < 1.29 is 27.5 Å². The number of benzene rings is 2. The van der Waals surface area contributed by atoms with Crippen LogP contribution in [-0.2, 0) is 11.0 Å². The zero-order valence-electron chi connectivity index (χ0n) is 21.2. The van der Waals surface area contributed by atoms with Crippen molar-refractivity contribution in [3.63, 3.8) is 0 Å². The highest BCUT2D eigenvalue weighted by Crippen LogP contribution is 2.30. The molecule has 39 heavy (non-hydrogen) atoms. The minimum absolute atomic E-state index is 0.106. The summed E-state index contributed by atoms with van der Waals surface area (Å²) in [5.41, 5.74) is -0.150. The lowest BCUT2D eigenvalue weighted by molar-refractivity contribution is -0.137. The number of rotatable bonds is 6. The Kier molecular flexibility index (Phi) is 8.80. The van der Waals surface area contributed by atoms with Gasteiger partial charge in [-0.1, -0.05) is 51.2 Å². The molecule has 1 saturated carbocycles. The summed E-state index contributed by atoms with van der Waals surface area (Å²) in [5.74, 6) is 1.05. The van der Waals surface area contributed by atoms with E-state index in [0.29, 0.717) is 23.5 Å². The average Bonchev–Trinajstić information content (AvgIpc) is 3.31. The number of alkyl halides is 3. The Balaban J connectivity index is 0.000000438. The van der Waals surface area contributed by atoms with Crippen LogP contribution in [-0.4, -0.2) is 26.9 Å². The second kappa shape index (κ2) is 12.4. The first-order valence-electron chi connectivity index (χ1n) is 12.5. The molecule has 0 atom stereocenters. The number of amides is 2. The molecule has 11 heteroatoms. The molecule has 2 aromatic carbocycles. The third kappa shape index (κ3) is 7.79. The molecule has 0 aliphatic heterocycles. The normalized spacial score (nSPS) is 13.7. The van der Waals surface area contributed by atoms with Crippen molar-refractivity contribution in [1.82, 2.24) is 14.6 Å². The number of hydrogen-bond acceptors (Lipinski definition) is 5. The number of hydrogen-bond donors (Lipinski definition) is 2.